The lowest BCUT2D eigenvalue weighted by atomic mass is 9.99. The van der Waals surface area contributed by atoms with Crippen LogP contribution in [0.4, 0.5) is 10.8 Å². The van der Waals surface area contributed by atoms with Crippen molar-refractivity contribution in [2.45, 2.75) is 44.5 Å². The summed E-state index contributed by atoms with van der Waals surface area (Å²) in [7, 11) is 1.32. The van der Waals surface area contributed by atoms with Crippen molar-refractivity contribution in [2.24, 2.45) is 5.92 Å². The molecule has 0 unspecified atom stereocenters. The average Bonchev–Trinajstić information content (AvgIpc) is 3.13. The fourth-order valence-corrected chi connectivity index (χ4v) is 4.14. The monoisotopic (exact) mass is 422 g/mol. The molecular formula is C19H26N4O3S2. The first kappa shape index (κ1) is 22.2. The molecular weight excluding hydrogens is 396 g/mol. The maximum absolute atomic E-state index is 12.3. The van der Waals surface area contributed by atoms with Gasteiger partial charge in [0, 0.05) is 5.69 Å². The average molecular weight is 423 g/mol. The van der Waals surface area contributed by atoms with Crippen molar-refractivity contribution in [3.8, 4) is 0 Å². The highest BCUT2D eigenvalue weighted by Gasteiger charge is 2.26. The van der Waals surface area contributed by atoms with E-state index in [2.05, 4.69) is 20.8 Å². The zero-order chi connectivity index (χ0) is 20.7. The van der Waals surface area contributed by atoms with Crippen LogP contribution in [0.25, 0.3) is 0 Å². The molecule has 0 aliphatic rings. The van der Waals surface area contributed by atoms with E-state index in [0.717, 1.165) is 23.2 Å². The summed E-state index contributed by atoms with van der Waals surface area (Å²) < 4.78 is 5.47. The molecule has 9 heteroatoms. The van der Waals surface area contributed by atoms with E-state index in [1.54, 1.807) is 0 Å². The minimum Gasteiger partial charge on any atom is -0.467 e. The number of nitrogens with zero attached hydrogens (tertiary/aromatic N) is 2. The number of rotatable bonds is 9. The van der Waals surface area contributed by atoms with E-state index in [1.807, 2.05) is 45.9 Å². The summed E-state index contributed by atoms with van der Waals surface area (Å²) in [5, 5.41) is 15.0. The lowest BCUT2D eigenvalue weighted by Gasteiger charge is -2.21. The molecule has 0 fully saturated rings. The molecule has 0 bridgehead atoms. The van der Waals surface area contributed by atoms with Crippen LogP contribution in [-0.4, -0.2) is 41.0 Å². The van der Waals surface area contributed by atoms with Gasteiger partial charge in [0.15, 0.2) is 4.34 Å². The lowest BCUT2D eigenvalue weighted by Crippen LogP contribution is -2.46. The number of para-hydroxylation sites is 1. The van der Waals surface area contributed by atoms with Crippen molar-refractivity contribution < 1.29 is 14.3 Å². The van der Waals surface area contributed by atoms with Gasteiger partial charge in [-0.3, -0.25) is 4.79 Å². The number of ether oxygens (including phenoxy) is 1. The predicted octanol–water partition coefficient (Wildman–Crippen LogP) is 3.69. The van der Waals surface area contributed by atoms with Crippen LogP contribution >= 0.6 is 23.1 Å². The minimum absolute atomic E-state index is 0.00363. The van der Waals surface area contributed by atoms with E-state index >= 15 is 0 Å². The summed E-state index contributed by atoms with van der Waals surface area (Å²) in [6.45, 7) is 7.94. The number of aryl methyl sites for hydroxylation is 2. The first-order chi connectivity index (χ1) is 13.3. The molecule has 0 spiro atoms. The third-order valence-corrected chi connectivity index (χ3v) is 6.40. The van der Waals surface area contributed by atoms with Crippen LogP contribution in [0.1, 0.15) is 31.4 Å². The molecule has 2 rings (SSSR count). The van der Waals surface area contributed by atoms with Gasteiger partial charge in [-0.1, -0.05) is 61.6 Å². The second kappa shape index (κ2) is 10.4. The SMILES string of the molecule is CC[C@H](C)[C@H](NC(=O)CSc1nnc(Nc2c(C)cccc2C)s1)C(=O)OC. The normalized spacial score (nSPS) is 12.9. The van der Waals surface area contributed by atoms with Gasteiger partial charge < -0.3 is 15.4 Å². The van der Waals surface area contributed by atoms with Crippen LogP contribution in [0.3, 0.4) is 0 Å². The summed E-state index contributed by atoms with van der Waals surface area (Å²) in [5.74, 6) is -0.512. The van der Waals surface area contributed by atoms with E-state index in [-0.39, 0.29) is 17.6 Å². The Morgan fingerprint density at radius 1 is 1.25 bits per heavy atom. The van der Waals surface area contributed by atoms with Gasteiger partial charge in [0.1, 0.15) is 6.04 Å². The molecule has 152 valence electrons. The number of benzene rings is 1. The Kier molecular flexibility index (Phi) is 8.25. The Morgan fingerprint density at radius 2 is 1.93 bits per heavy atom. The van der Waals surface area contributed by atoms with Gasteiger partial charge in [0.2, 0.25) is 11.0 Å². The van der Waals surface area contributed by atoms with Gasteiger partial charge in [0.25, 0.3) is 0 Å². The number of nitrogens with one attached hydrogen (secondary N) is 2. The Balaban J connectivity index is 1.93. The van der Waals surface area contributed by atoms with Gasteiger partial charge >= 0.3 is 5.97 Å². The number of aromatic nitrogens is 2. The lowest BCUT2D eigenvalue weighted by molar-refractivity contribution is -0.146. The van der Waals surface area contributed by atoms with Gasteiger partial charge in [-0.05, 0) is 30.9 Å². The van der Waals surface area contributed by atoms with Gasteiger partial charge in [-0.25, -0.2) is 4.79 Å². The molecule has 0 aliphatic carbocycles. The van der Waals surface area contributed by atoms with E-state index in [0.29, 0.717) is 9.47 Å². The van der Waals surface area contributed by atoms with Crippen LogP contribution in [0.2, 0.25) is 0 Å². The smallest absolute Gasteiger partial charge is 0.328 e. The fourth-order valence-electron chi connectivity index (χ4n) is 2.58. The molecule has 0 aliphatic heterocycles. The molecule has 2 N–H and O–H groups in total. The minimum atomic E-state index is -0.640. The van der Waals surface area contributed by atoms with Crippen molar-refractivity contribution in [1.82, 2.24) is 15.5 Å². The first-order valence-electron chi connectivity index (χ1n) is 9.02. The Labute approximate surface area is 173 Å². The topological polar surface area (TPSA) is 93.2 Å². The van der Waals surface area contributed by atoms with E-state index in [1.165, 1.54) is 30.2 Å². The van der Waals surface area contributed by atoms with Crippen LogP contribution in [0.5, 0.6) is 0 Å². The van der Waals surface area contributed by atoms with Gasteiger partial charge in [-0.15, -0.1) is 10.2 Å². The molecule has 28 heavy (non-hydrogen) atoms. The molecule has 1 aromatic heterocycles. The maximum Gasteiger partial charge on any atom is 0.328 e. The van der Waals surface area contributed by atoms with Crippen LogP contribution < -0.4 is 10.6 Å². The van der Waals surface area contributed by atoms with E-state index in [4.69, 9.17) is 4.74 Å². The molecule has 1 heterocycles. The second-order valence-electron chi connectivity index (χ2n) is 6.51. The van der Waals surface area contributed by atoms with Crippen molar-refractivity contribution in [1.29, 1.82) is 0 Å². The fraction of sp³-hybridized carbons (Fsp3) is 0.474. The number of carbonyl (C=O) groups excluding carboxylic acids is 2. The maximum atomic E-state index is 12.3. The first-order valence-corrected chi connectivity index (χ1v) is 10.8. The number of esters is 1. The number of carbonyl (C=O) groups is 2. The zero-order valence-electron chi connectivity index (χ0n) is 16.7. The Hall–Kier alpha value is -2.13. The number of hydrogen-bond donors (Lipinski definition) is 2. The molecule has 0 saturated heterocycles. The largest absolute Gasteiger partial charge is 0.467 e. The molecule has 0 saturated carbocycles. The molecule has 2 atom stereocenters. The number of methoxy groups -OCH3 is 1. The quantitative estimate of drug-likeness (QED) is 0.470. The highest BCUT2D eigenvalue weighted by Crippen LogP contribution is 2.30. The predicted molar refractivity (Wildman–Crippen MR) is 113 cm³/mol. The van der Waals surface area contributed by atoms with Crippen molar-refractivity contribution >= 4 is 45.8 Å². The molecule has 1 aromatic carbocycles. The second-order valence-corrected chi connectivity index (χ2v) is 8.71. The number of hydrogen-bond acceptors (Lipinski definition) is 8. The Bertz CT molecular complexity index is 805. The third-order valence-electron chi connectivity index (χ3n) is 4.43. The summed E-state index contributed by atoms with van der Waals surface area (Å²) in [6.07, 6.45) is 0.761. The van der Waals surface area contributed by atoms with Crippen LogP contribution in [-0.2, 0) is 14.3 Å². The van der Waals surface area contributed by atoms with Gasteiger partial charge in [0.05, 0.1) is 12.9 Å². The highest BCUT2D eigenvalue weighted by molar-refractivity contribution is 8.01. The summed E-state index contributed by atoms with van der Waals surface area (Å²) in [6, 6.07) is 5.44. The molecule has 2 aromatic rings. The zero-order valence-corrected chi connectivity index (χ0v) is 18.4. The number of thioether (sulfide) groups is 1. The van der Waals surface area contributed by atoms with E-state index < -0.39 is 12.0 Å². The summed E-state index contributed by atoms with van der Waals surface area (Å²) in [4.78, 5) is 24.1. The molecule has 1 amide bonds. The van der Waals surface area contributed by atoms with Crippen molar-refractivity contribution in [3.63, 3.8) is 0 Å². The van der Waals surface area contributed by atoms with Crippen molar-refractivity contribution in [3.05, 3.63) is 29.3 Å². The van der Waals surface area contributed by atoms with Crippen LogP contribution in [0, 0.1) is 19.8 Å². The number of amides is 1. The number of anilines is 2. The molecule has 0 radical (unpaired) electrons. The standard InChI is InChI=1S/C19H26N4O3S2/c1-6-11(2)16(17(25)26-5)20-14(24)10-27-19-23-22-18(28-19)21-15-12(3)8-7-9-13(15)4/h7-9,11,16H,6,10H2,1-5H3,(H,20,24)(H,21,22)/t11-,16-/m0/s1. The van der Waals surface area contributed by atoms with Crippen LogP contribution in [0.15, 0.2) is 22.5 Å². The highest BCUT2D eigenvalue weighted by atomic mass is 32.2. The van der Waals surface area contributed by atoms with Gasteiger partial charge in [-0.2, -0.15) is 0 Å². The third kappa shape index (κ3) is 5.93. The van der Waals surface area contributed by atoms with Crippen molar-refractivity contribution in [2.75, 3.05) is 18.2 Å². The Morgan fingerprint density at radius 3 is 2.54 bits per heavy atom. The van der Waals surface area contributed by atoms with E-state index in [9.17, 15) is 9.59 Å². The summed E-state index contributed by atoms with van der Waals surface area (Å²) in [5.41, 5.74) is 3.27. The molecule has 7 nitrogen and oxygen atoms in total. The summed E-state index contributed by atoms with van der Waals surface area (Å²) >= 11 is 2.68.